The normalized spacial score (nSPS) is 19.9. The maximum absolute atomic E-state index is 13.0. The fourth-order valence-electron chi connectivity index (χ4n) is 3.43. The van der Waals surface area contributed by atoms with Gasteiger partial charge in [-0.2, -0.15) is 0 Å². The van der Waals surface area contributed by atoms with Gasteiger partial charge in [-0.1, -0.05) is 29.8 Å². The van der Waals surface area contributed by atoms with Crippen LogP contribution in [0.2, 0.25) is 0 Å². The summed E-state index contributed by atoms with van der Waals surface area (Å²) in [6, 6.07) is 8.98. The number of carbonyl (C=O) groups excluding carboxylic acids is 1. The number of hydrogen-bond acceptors (Lipinski definition) is 2. The molecule has 0 unspecified atom stereocenters. The molecule has 1 N–H and O–H groups in total. The standard InChI is InChI=1S/C20H30N2O/c1-15-4-8-17(9-5-15)20(2,3)19(23)22-12-10-18(11-13-22)21-14-16-6-7-16/h4-5,8-9,16,18,21H,6-7,10-14H2,1-3H3. The molecule has 3 rings (SSSR count). The Labute approximate surface area is 140 Å². The van der Waals surface area contributed by atoms with Crippen molar-refractivity contribution in [3.8, 4) is 0 Å². The number of likely N-dealkylation sites (tertiary alicyclic amines) is 1. The summed E-state index contributed by atoms with van der Waals surface area (Å²) in [5.74, 6) is 1.19. The Morgan fingerprint density at radius 3 is 2.30 bits per heavy atom. The van der Waals surface area contributed by atoms with Gasteiger partial charge >= 0.3 is 0 Å². The topological polar surface area (TPSA) is 32.3 Å². The molecule has 1 heterocycles. The van der Waals surface area contributed by atoms with E-state index in [9.17, 15) is 4.79 Å². The van der Waals surface area contributed by atoms with Crippen molar-refractivity contribution in [2.45, 2.75) is 57.9 Å². The minimum absolute atomic E-state index is 0.266. The summed E-state index contributed by atoms with van der Waals surface area (Å²) < 4.78 is 0. The molecule has 1 saturated carbocycles. The average Bonchev–Trinajstić information content (AvgIpc) is 3.37. The first-order valence-corrected chi connectivity index (χ1v) is 9.07. The third-order valence-electron chi connectivity index (χ3n) is 5.48. The van der Waals surface area contributed by atoms with Crippen LogP contribution < -0.4 is 5.32 Å². The van der Waals surface area contributed by atoms with Crippen LogP contribution in [0.15, 0.2) is 24.3 Å². The monoisotopic (exact) mass is 314 g/mol. The van der Waals surface area contributed by atoms with E-state index in [2.05, 4.69) is 55.3 Å². The van der Waals surface area contributed by atoms with E-state index in [0.29, 0.717) is 6.04 Å². The van der Waals surface area contributed by atoms with Gasteiger partial charge in [0.2, 0.25) is 5.91 Å². The van der Waals surface area contributed by atoms with Crippen molar-refractivity contribution in [3.63, 3.8) is 0 Å². The number of carbonyl (C=O) groups is 1. The highest BCUT2D eigenvalue weighted by molar-refractivity contribution is 5.87. The lowest BCUT2D eigenvalue weighted by atomic mass is 9.82. The van der Waals surface area contributed by atoms with Gasteiger partial charge in [-0.05, 0) is 64.5 Å². The maximum Gasteiger partial charge on any atom is 0.232 e. The Bertz CT molecular complexity index is 537. The van der Waals surface area contributed by atoms with Crippen molar-refractivity contribution in [3.05, 3.63) is 35.4 Å². The zero-order chi connectivity index (χ0) is 16.4. The Morgan fingerprint density at radius 1 is 1.13 bits per heavy atom. The van der Waals surface area contributed by atoms with Crippen molar-refractivity contribution in [1.29, 1.82) is 0 Å². The molecule has 0 aromatic heterocycles. The summed E-state index contributed by atoms with van der Waals surface area (Å²) in [5.41, 5.74) is 1.91. The third-order valence-corrected chi connectivity index (χ3v) is 5.48. The van der Waals surface area contributed by atoms with Crippen LogP contribution >= 0.6 is 0 Å². The minimum Gasteiger partial charge on any atom is -0.342 e. The third kappa shape index (κ3) is 3.95. The summed E-state index contributed by atoms with van der Waals surface area (Å²) in [5, 5.41) is 3.68. The van der Waals surface area contributed by atoms with E-state index in [1.807, 2.05) is 0 Å². The molecule has 1 saturated heterocycles. The van der Waals surface area contributed by atoms with E-state index >= 15 is 0 Å². The largest absolute Gasteiger partial charge is 0.342 e. The molecule has 1 aliphatic carbocycles. The van der Waals surface area contributed by atoms with Crippen LogP contribution in [0.3, 0.4) is 0 Å². The number of aryl methyl sites for hydroxylation is 1. The molecule has 0 radical (unpaired) electrons. The molecule has 3 nitrogen and oxygen atoms in total. The van der Waals surface area contributed by atoms with Crippen LogP contribution in [0, 0.1) is 12.8 Å². The molecule has 3 heteroatoms. The van der Waals surface area contributed by atoms with Gasteiger partial charge in [-0.15, -0.1) is 0 Å². The van der Waals surface area contributed by atoms with E-state index in [0.717, 1.165) is 37.4 Å². The second kappa shape index (κ2) is 6.64. The van der Waals surface area contributed by atoms with Crippen LogP contribution in [0.5, 0.6) is 0 Å². The lowest BCUT2D eigenvalue weighted by molar-refractivity contribution is -0.137. The fraction of sp³-hybridized carbons (Fsp3) is 0.650. The maximum atomic E-state index is 13.0. The van der Waals surface area contributed by atoms with Gasteiger partial charge in [-0.3, -0.25) is 4.79 Å². The highest BCUT2D eigenvalue weighted by atomic mass is 16.2. The van der Waals surface area contributed by atoms with Crippen molar-refractivity contribution in [1.82, 2.24) is 10.2 Å². The van der Waals surface area contributed by atoms with Gasteiger partial charge in [0.05, 0.1) is 5.41 Å². The van der Waals surface area contributed by atoms with Gasteiger partial charge in [-0.25, -0.2) is 0 Å². The zero-order valence-corrected chi connectivity index (χ0v) is 14.8. The number of hydrogen-bond donors (Lipinski definition) is 1. The summed E-state index contributed by atoms with van der Waals surface area (Å²) >= 11 is 0. The van der Waals surface area contributed by atoms with Crippen LogP contribution in [0.1, 0.15) is 50.7 Å². The molecular formula is C20H30N2O. The number of nitrogens with zero attached hydrogens (tertiary/aromatic N) is 1. The second-order valence-electron chi connectivity index (χ2n) is 7.91. The Balaban J connectivity index is 1.56. The summed E-state index contributed by atoms with van der Waals surface area (Å²) in [6.45, 7) is 9.13. The molecule has 1 amide bonds. The van der Waals surface area contributed by atoms with Gasteiger partial charge in [0.25, 0.3) is 0 Å². The smallest absolute Gasteiger partial charge is 0.232 e. The number of nitrogens with one attached hydrogen (secondary N) is 1. The van der Waals surface area contributed by atoms with E-state index < -0.39 is 5.41 Å². The Hall–Kier alpha value is -1.35. The molecule has 0 spiro atoms. The van der Waals surface area contributed by atoms with Crippen molar-refractivity contribution < 1.29 is 4.79 Å². The summed E-state index contributed by atoms with van der Waals surface area (Å²) in [6.07, 6.45) is 4.97. The van der Waals surface area contributed by atoms with Crippen molar-refractivity contribution in [2.75, 3.05) is 19.6 Å². The molecule has 1 aromatic rings. The Kier molecular flexibility index (Phi) is 4.77. The molecule has 2 fully saturated rings. The van der Waals surface area contributed by atoms with Gasteiger partial charge < -0.3 is 10.2 Å². The summed E-state index contributed by atoms with van der Waals surface area (Å²) in [7, 11) is 0. The highest BCUT2D eigenvalue weighted by Crippen LogP contribution is 2.29. The first-order chi connectivity index (χ1) is 11.0. The number of rotatable bonds is 5. The number of benzene rings is 1. The van der Waals surface area contributed by atoms with E-state index in [1.165, 1.54) is 24.9 Å². The lowest BCUT2D eigenvalue weighted by Crippen LogP contribution is -2.50. The number of piperidine rings is 1. The highest BCUT2D eigenvalue weighted by Gasteiger charge is 2.35. The summed E-state index contributed by atoms with van der Waals surface area (Å²) in [4.78, 5) is 15.1. The Morgan fingerprint density at radius 2 is 1.74 bits per heavy atom. The van der Waals surface area contributed by atoms with E-state index in [-0.39, 0.29) is 5.91 Å². The fourth-order valence-corrected chi connectivity index (χ4v) is 3.43. The molecule has 1 aliphatic heterocycles. The zero-order valence-electron chi connectivity index (χ0n) is 14.8. The molecule has 2 aliphatic rings. The average molecular weight is 314 g/mol. The van der Waals surface area contributed by atoms with Crippen molar-refractivity contribution in [2.24, 2.45) is 5.92 Å². The lowest BCUT2D eigenvalue weighted by Gasteiger charge is -2.37. The predicted molar refractivity (Wildman–Crippen MR) is 94.5 cm³/mol. The van der Waals surface area contributed by atoms with Crippen LogP contribution in [0.25, 0.3) is 0 Å². The minimum atomic E-state index is -0.442. The quantitative estimate of drug-likeness (QED) is 0.905. The molecule has 0 atom stereocenters. The van der Waals surface area contributed by atoms with E-state index in [4.69, 9.17) is 0 Å². The van der Waals surface area contributed by atoms with Gasteiger partial charge in [0, 0.05) is 19.1 Å². The van der Waals surface area contributed by atoms with Crippen LogP contribution in [0.4, 0.5) is 0 Å². The van der Waals surface area contributed by atoms with Crippen LogP contribution in [-0.2, 0) is 10.2 Å². The molecule has 1 aromatic carbocycles. The van der Waals surface area contributed by atoms with Crippen molar-refractivity contribution >= 4 is 5.91 Å². The predicted octanol–water partition coefficient (Wildman–Crippen LogP) is 3.26. The molecule has 0 bridgehead atoms. The first kappa shape index (κ1) is 16.5. The molecule has 126 valence electrons. The van der Waals surface area contributed by atoms with Gasteiger partial charge in [0.1, 0.15) is 0 Å². The second-order valence-corrected chi connectivity index (χ2v) is 7.91. The van der Waals surface area contributed by atoms with E-state index in [1.54, 1.807) is 0 Å². The van der Waals surface area contributed by atoms with Crippen LogP contribution in [-0.4, -0.2) is 36.5 Å². The first-order valence-electron chi connectivity index (χ1n) is 9.07. The number of amides is 1. The molecular weight excluding hydrogens is 284 g/mol. The SMILES string of the molecule is Cc1ccc(C(C)(C)C(=O)N2CCC(NCC3CC3)CC2)cc1. The molecule has 23 heavy (non-hydrogen) atoms. The van der Waals surface area contributed by atoms with Gasteiger partial charge in [0.15, 0.2) is 0 Å².